The van der Waals surface area contributed by atoms with E-state index in [1.807, 2.05) is 23.6 Å². The van der Waals surface area contributed by atoms with Crippen LogP contribution in [0.25, 0.3) is 0 Å². The van der Waals surface area contributed by atoms with E-state index in [-0.39, 0.29) is 5.91 Å². The Bertz CT molecular complexity index is 528. The van der Waals surface area contributed by atoms with E-state index in [4.69, 9.17) is 5.73 Å². The third-order valence-corrected chi connectivity index (χ3v) is 5.18. The molecular formula is C16H27F2N5O. The minimum absolute atomic E-state index is 0.115. The number of alkyl halides is 2. The van der Waals surface area contributed by atoms with Gasteiger partial charge in [0.2, 0.25) is 5.91 Å². The Balaban J connectivity index is 1.94. The van der Waals surface area contributed by atoms with Crippen LogP contribution in [-0.2, 0) is 11.3 Å². The molecular weight excluding hydrogens is 316 g/mol. The van der Waals surface area contributed by atoms with Gasteiger partial charge < -0.3 is 10.6 Å². The second-order valence-corrected chi connectivity index (χ2v) is 6.29. The van der Waals surface area contributed by atoms with Crippen LogP contribution >= 0.6 is 0 Å². The minimum atomic E-state index is -2.58. The van der Waals surface area contributed by atoms with Crippen LogP contribution in [0.3, 0.4) is 0 Å². The molecule has 0 radical (unpaired) electrons. The van der Waals surface area contributed by atoms with E-state index in [1.165, 1.54) is 12.4 Å². The molecule has 1 saturated heterocycles. The fourth-order valence-corrected chi connectivity index (χ4v) is 3.22. The molecule has 0 unspecified atom stereocenters. The zero-order chi connectivity index (χ0) is 17.7. The summed E-state index contributed by atoms with van der Waals surface area (Å²) in [5.41, 5.74) is 5.38. The smallest absolute Gasteiger partial charge is 0.319 e. The molecule has 0 aliphatic carbocycles. The summed E-state index contributed by atoms with van der Waals surface area (Å²) < 4.78 is 26.6. The van der Waals surface area contributed by atoms with Gasteiger partial charge in [-0.2, -0.15) is 8.78 Å². The van der Waals surface area contributed by atoms with Crippen LogP contribution < -0.4 is 5.73 Å². The molecule has 24 heavy (non-hydrogen) atoms. The predicted octanol–water partition coefficient (Wildman–Crippen LogP) is 1.69. The van der Waals surface area contributed by atoms with Gasteiger partial charge in [0.25, 0.3) is 0 Å². The molecule has 136 valence electrons. The van der Waals surface area contributed by atoms with Crippen molar-refractivity contribution in [3.63, 3.8) is 0 Å². The fraction of sp³-hybridized carbons (Fsp3) is 0.750. The zero-order valence-corrected chi connectivity index (χ0v) is 14.4. The number of nitrogens with two attached hydrogens (primary N) is 1. The van der Waals surface area contributed by atoms with Gasteiger partial charge in [0.05, 0.1) is 12.0 Å². The summed E-state index contributed by atoms with van der Waals surface area (Å²) in [4.78, 5) is 20.7. The first-order valence-electron chi connectivity index (χ1n) is 8.49. The van der Waals surface area contributed by atoms with Crippen molar-refractivity contribution in [3.8, 4) is 0 Å². The fourth-order valence-electron chi connectivity index (χ4n) is 3.22. The number of piperazine rings is 1. The van der Waals surface area contributed by atoms with E-state index in [2.05, 4.69) is 4.98 Å². The van der Waals surface area contributed by atoms with E-state index in [0.717, 1.165) is 17.4 Å². The lowest BCUT2D eigenvalue weighted by Gasteiger charge is -2.40. The highest BCUT2D eigenvalue weighted by Gasteiger charge is 2.37. The van der Waals surface area contributed by atoms with Crippen LogP contribution in [0.5, 0.6) is 0 Å². The molecule has 2 rings (SSSR count). The van der Waals surface area contributed by atoms with Crippen molar-refractivity contribution in [1.29, 1.82) is 0 Å². The SMILES string of the molecule is CCC(CC)(CN)C(=O)N1CCN(Cc2nccn2C(F)F)CC1. The number of carbonyl (C=O) groups is 1. The van der Waals surface area contributed by atoms with Crippen molar-refractivity contribution in [2.24, 2.45) is 11.1 Å². The summed E-state index contributed by atoms with van der Waals surface area (Å²) in [6.45, 7) is 4.61. The zero-order valence-electron chi connectivity index (χ0n) is 14.4. The van der Waals surface area contributed by atoms with Gasteiger partial charge in [0, 0.05) is 45.1 Å². The molecule has 2 N–H and O–H groups in total. The number of halogens is 2. The maximum Gasteiger partial charge on any atom is 0.319 e. The molecule has 0 saturated carbocycles. The third-order valence-electron chi connectivity index (χ3n) is 5.18. The Kier molecular flexibility index (Phi) is 6.28. The van der Waals surface area contributed by atoms with Gasteiger partial charge >= 0.3 is 6.55 Å². The summed E-state index contributed by atoms with van der Waals surface area (Å²) in [5.74, 6) is 0.465. The van der Waals surface area contributed by atoms with Gasteiger partial charge in [0.1, 0.15) is 5.82 Å². The van der Waals surface area contributed by atoms with Crippen LogP contribution in [0.4, 0.5) is 8.78 Å². The standard InChI is InChI=1S/C16H27F2N5O/c1-3-16(4-2,12-19)14(24)22-9-7-21(8-10-22)11-13-20-5-6-23(13)15(17)18/h5-6,15H,3-4,7-12,19H2,1-2H3. The number of imidazole rings is 1. The molecule has 2 heterocycles. The highest BCUT2D eigenvalue weighted by atomic mass is 19.3. The largest absolute Gasteiger partial charge is 0.340 e. The molecule has 1 amide bonds. The molecule has 8 heteroatoms. The molecule has 1 aliphatic rings. The van der Waals surface area contributed by atoms with Crippen LogP contribution in [-0.4, -0.2) is 58.0 Å². The monoisotopic (exact) mass is 343 g/mol. The molecule has 6 nitrogen and oxygen atoms in total. The second kappa shape index (κ2) is 8.02. The second-order valence-electron chi connectivity index (χ2n) is 6.29. The molecule has 1 fully saturated rings. The van der Waals surface area contributed by atoms with Crippen molar-refractivity contribution < 1.29 is 13.6 Å². The molecule has 0 aromatic carbocycles. The minimum Gasteiger partial charge on any atom is -0.340 e. The summed E-state index contributed by atoms with van der Waals surface area (Å²) in [6, 6.07) is 0. The highest BCUT2D eigenvalue weighted by Crippen LogP contribution is 2.28. The lowest BCUT2D eigenvalue weighted by Crippen LogP contribution is -2.54. The topological polar surface area (TPSA) is 67.4 Å². The normalized spacial score (nSPS) is 16.8. The Hall–Kier alpha value is -1.54. The molecule has 0 spiro atoms. The van der Waals surface area contributed by atoms with E-state index in [1.54, 1.807) is 0 Å². The van der Waals surface area contributed by atoms with Crippen molar-refractivity contribution in [1.82, 2.24) is 19.4 Å². The number of carbonyl (C=O) groups excluding carboxylic acids is 1. The average Bonchev–Trinajstić information content (AvgIpc) is 3.06. The first-order chi connectivity index (χ1) is 11.5. The summed E-state index contributed by atoms with van der Waals surface area (Å²) in [5, 5.41) is 0. The van der Waals surface area contributed by atoms with Gasteiger partial charge in [-0.15, -0.1) is 0 Å². The van der Waals surface area contributed by atoms with Gasteiger partial charge in [-0.3, -0.25) is 14.3 Å². The number of hydrogen-bond acceptors (Lipinski definition) is 4. The quantitative estimate of drug-likeness (QED) is 0.818. The van der Waals surface area contributed by atoms with Gasteiger partial charge in [-0.1, -0.05) is 13.8 Å². The predicted molar refractivity (Wildman–Crippen MR) is 87.4 cm³/mol. The van der Waals surface area contributed by atoms with Gasteiger partial charge in [-0.25, -0.2) is 4.98 Å². The van der Waals surface area contributed by atoms with Crippen LogP contribution in [0.2, 0.25) is 0 Å². The van der Waals surface area contributed by atoms with Gasteiger partial charge in [0.15, 0.2) is 0 Å². The van der Waals surface area contributed by atoms with E-state index in [0.29, 0.717) is 45.1 Å². The van der Waals surface area contributed by atoms with Crippen molar-refractivity contribution in [2.45, 2.75) is 39.8 Å². The van der Waals surface area contributed by atoms with Crippen LogP contribution in [0.1, 0.15) is 39.1 Å². The highest BCUT2D eigenvalue weighted by molar-refractivity contribution is 5.83. The molecule has 1 aromatic rings. The summed E-state index contributed by atoms with van der Waals surface area (Å²) in [7, 11) is 0. The van der Waals surface area contributed by atoms with Gasteiger partial charge in [-0.05, 0) is 12.8 Å². The average molecular weight is 343 g/mol. The van der Waals surface area contributed by atoms with Crippen molar-refractivity contribution in [2.75, 3.05) is 32.7 Å². The Morgan fingerprint density at radius 2 is 1.92 bits per heavy atom. The lowest BCUT2D eigenvalue weighted by atomic mass is 9.81. The first kappa shape index (κ1) is 18.8. The molecule has 0 atom stereocenters. The Morgan fingerprint density at radius 1 is 1.29 bits per heavy atom. The summed E-state index contributed by atoms with van der Waals surface area (Å²) >= 11 is 0. The number of rotatable bonds is 7. The number of hydrogen-bond donors (Lipinski definition) is 1. The Labute approximate surface area is 141 Å². The Morgan fingerprint density at radius 3 is 2.42 bits per heavy atom. The van der Waals surface area contributed by atoms with Crippen molar-refractivity contribution in [3.05, 3.63) is 18.2 Å². The number of amides is 1. The molecule has 0 bridgehead atoms. The molecule has 1 aromatic heterocycles. The van der Waals surface area contributed by atoms with E-state index in [9.17, 15) is 13.6 Å². The maximum atomic E-state index is 12.9. The maximum absolute atomic E-state index is 12.9. The third kappa shape index (κ3) is 3.75. The number of aromatic nitrogens is 2. The number of nitrogens with zero attached hydrogens (tertiary/aromatic N) is 4. The lowest BCUT2D eigenvalue weighted by molar-refractivity contribution is -0.144. The van der Waals surface area contributed by atoms with Crippen LogP contribution in [0, 0.1) is 5.41 Å². The molecule has 1 aliphatic heterocycles. The van der Waals surface area contributed by atoms with Crippen LogP contribution in [0.15, 0.2) is 12.4 Å². The van der Waals surface area contributed by atoms with E-state index >= 15 is 0 Å². The van der Waals surface area contributed by atoms with E-state index < -0.39 is 12.0 Å². The van der Waals surface area contributed by atoms with Crippen molar-refractivity contribution >= 4 is 5.91 Å². The first-order valence-corrected chi connectivity index (χ1v) is 8.49. The summed E-state index contributed by atoms with van der Waals surface area (Å²) in [6.07, 6.45) is 4.13.